The molecule has 0 aliphatic heterocycles. The summed E-state index contributed by atoms with van der Waals surface area (Å²) in [6, 6.07) is 11.7. The van der Waals surface area contributed by atoms with E-state index in [0.29, 0.717) is 0 Å². The lowest BCUT2D eigenvalue weighted by Crippen LogP contribution is -1.83. The van der Waals surface area contributed by atoms with Gasteiger partial charge in [0.25, 0.3) is 0 Å². The standard InChI is InChI=1S/C14H8/c1-3-11-9-10-12(4-2)14-8-6-5-7-13(11)14/h1-2,5-10H. The van der Waals surface area contributed by atoms with Crippen LogP contribution in [0.15, 0.2) is 36.4 Å². The van der Waals surface area contributed by atoms with Crippen LogP contribution in [0.2, 0.25) is 0 Å². The minimum Gasteiger partial charge on any atom is -0.115 e. The third-order valence-corrected chi connectivity index (χ3v) is 2.24. The molecule has 2 rings (SSSR count). The monoisotopic (exact) mass is 176 g/mol. The van der Waals surface area contributed by atoms with Crippen LogP contribution in [0.25, 0.3) is 10.8 Å². The van der Waals surface area contributed by atoms with Crippen LogP contribution in [-0.4, -0.2) is 0 Å². The highest BCUT2D eigenvalue weighted by molar-refractivity contribution is 5.92. The Morgan fingerprint density at radius 1 is 0.714 bits per heavy atom. The molecule has 0 radical (unpaired) electrons. The van der Waals surface area contributed by atoms with Crippen LogP contribution in [0.5, 0.6) is 0 Å². The number of rotatable bonds is 0. The Kier molecular flexibility index (Phi) is 1.98. The first kappa shape index (κ1) is 8.42. The van der Waals surface area contributed by atoms with Crippen molar-refractivity contribution >= 4 is 10.8 Å². The third kappa shape index (κ3) is 1.15. The SMILES string of the molecule is C#Cc1ccc(C#C)c2ccccc12. The fourth-order valence-corrected chi connectivity index (χ4v) is 1.55. The summed E-state index contributed by atoms with van der Waals surface area (Å²) in [5, 5.41) is 2.09. The summed E-state index contributed by atoms with van der Waals surface area (Å²) in [5.41, 5.74) is 1.78. The zero-order chi connectivity index (χ0) is 9.97. The van der Waals surface area contributed by atoms with Crippen molar-refractivity contribution in [2.75, 3.05) is 0 Å². The second kappa shape index (κ2) is 3.29. The highest BCUT2D eigenvalue weighted by atomic mass is 14.0. The van der Waals surface area contributed by atoms with E-state index in [4.69, 9.17) is 12.8 Å². The summed E-state index contributed by atoms with van der Waals surface area (Å²) in [5.74, 6) is 5.31. The van der Waals surface area contributed by atoms with Crippen molar-refractivity contribution in [3.63, 3.8) is 0 Å². The van der Waals surface area contributed by atoms with Crippen molar-refractivity contribution in [2.45, 2.75) is 0 Å². The first-order valence-electron chi connectivity index (χ1n) is 4.32. The first-order valence-corrected chi connectivity index (χ1v) is 4.32. The van der Waals surface area contributed by atoms with Crippen LogP contribution >= 0.6 is 0 Å². The van der Waals surface area contributed by atoms with Gasteiger partial charge in [0.15, 0.2) is 0 Å². The van der Waals surface area contributed by atoms with Crippen molar-refractivity contribution in [1.29, 1.82) is 0 Å². The van der Waals surface area contributed by atoms with Crippen LogP contribution in [0.1, 0.15) is 11.1 Å². The van der Waals surface area contributed by atoms with Gasteiger partial charge in [-0.3, -0.25) is 0 Å². The largest absolute Gasteiger partial charge is 0.115 e. The molecule has 0 heterocycles. The van der Waals surface area contributed by atoms with Crippen LogP contribution in [-0.2, 0) is 0 Å². The molecule has 0 N–H and O–H groups in total. The van der Waals surface area contributed by atoms with Gasteiger partial charge in [-0.25, -0.2) is 0 Å². The van der Waals surface area contributed by atoms with Gasteiger partial charge >= 0.3 is 0 Å². The number of hydrogen-bond acceptors (Lipinski definition) is 0. The zero-order valence-corrected chi connectivity index (χ0v) is 7.62. The number of fused-ring (bicyclic) bond motifs is 1. The second-order valence-corrected chi connectivity index (χ2v) is 2.99. The van der Waals surface area contributed by atoms with E-state index in [9.17, 15) is 0 Å². The molecule has 0 fully saturated rings. The van der Waals surface area contributed by atoms with Crippen LogP contribution in [0, 0.1) is 24.7 Å². The lowest BCUT2D eigenvalue weighted by Gasteiger charge is -2.02. The number of terminal acetylenes is 2. The van der Waals surface area contributed by atoms with E-state index in [2.05, 4.69) is 11.8 Å². The maximum atomic E-state index is 5.41. The third-order valence-electron chi connectivity index (χ3n) is 2.24. The zero-order valence-electron chi connectivity index (χ0n) is 7.62. The maximum absolute atomic E-state index is 5.41. The Hall–Kier alpha value is -2.18. The smallest absolute Gasteiger partial charge is 0.0321 e. The Labute approximate surface area is 83.6 Å². The van der Waals surface area contributed by atoms with Crippen molar-refractivity contribution < 1.29 is 0 Å². The molecule has 0 bridgehead atoms. The molecule has 0 spiro atoms. The number of benzene rings is 2. The van der Waals surface area contributed by atoms with Gasteiger partial charge in [-0.15, -0.1) is 12.8 Å². The predicted octanol–water partition coefficient (Wildman–Crippen LogP) is 2.80. The molecular weight excluding hydrogens is 168 g/mol. The predicted molar refractivity (Wildman–Crippen MR) is 59.8 cm³/mol. The molecule has 0 nitrogen and oxygen atoms in total. The van der Waals surface area contributed by atoms with E-state index < -0.39 is 0 Å². The Morgan fingerprint density at radius 2 is 1.14 bits per heavy atom. The molecule has 64 valence electrons. The second-order valence-electron chi connectivity index (χ2n) is 2.99. The molecule has 0 aliphatic rings. The molecule has 0 unspecified atom stereocenters. The lowest BCUT2D eigenvalue weighted by atomic mass is 10.0. The van der Waals surface area contributed by atoms with Crippen molar-refractivity contribution in [1.82, 2.24) is 0 Å². The van der Waals surface area contributed by atoms with E-state index >= 15 is 0 Å². The topological polar surface area (TPSA) is 0 Å². The summed E-state index contributed by atoms with van der Waals surface area (Å²) in [7, 11) is 0. The van der Waals surface area contributed by atoms with Gasteiger partial charge in [0.1, 0.15) is 0 Å². The van der Waals surface area contributed by atoms with Gasteiger partial charge in [0.2, 0.25) is 0 Å². The van der Waals surface area contributed by atoms with Gasteiger partial charge in [-0.1, -0.05) is 36.1 Å². The summed E-state index contributed by atoms with van der Waals surface area (Å²) >= 11 is 0. The molecule has 0 aliphatic carbocycles. The average molecular weight is 176 g/mol. The Morgan fingerprint density at radius 3 is 1.50 bits per heavy atom. The lowest BCUT2D eigenvalue weighted by molar-refractivity contribution is 1.67. The maximum Gasteiger partial charge on any atom is 0.0321 e. The molecule has 0 atom stereocenters. The van der Waals surface area contributed by atoms with Gasteiger partial charge in [-0.05, 0) is 22.9 Å². The number of hydrogen-bond donors (Lipinski definition) is 0. The van der Waals surface area contributed by atoms with Gasteiger partial charge in [0, 0.05) is 11.1 Å². The van der Waals surface area contributed by atoms with E-state index in [1.165, 1.54) is 0 Å². The minimum atomic E-state index is 0.889. The van der Waals surface area contributed by atoms with E-state index in [0.717, 1.165) is 21.9 Å². The van der Waals surface area contributed by atoms with E-state index in [1.54, 1.807) is 0 Å². The molecule has 0 heteroatoms. The molecule has 2 aromatic carbocycles. The first-order chi connectivity index (χ1) is 6.86. The van der Waals surface area contributed by atoms with Crippen molar-refractivity contribution in [3.8, 4) is 24.7 Å². The minimum absolute atomic E-state index is 0.889. The highest BCUT2D eigenvalue weighted by Crippen LogP contribution is 2.21. The average Bonchev–Trinajstić information content (AvgIpc) is 2.27. The Bertz CT molecular complexity index is 510. The molecule has 0 saturated heterocycles. The van der Waals surface area contributed by atoms with E-state index in [1.807, 2.05) is 36.4 Å². The fraction of sp³-hybridized carbons (Fsp3) is 0. The normalized spacial score (nSPS) is 9.29. The molecule has 0 amide bonds. The molecule has 0 saturated carbocycles. The summed E-state index contributed by atoms with van der Waals surface area (Å²) in [6.07, 6.45) is 10.8. The summed E-state index contributed by atoms with van der Waals surface area (Å²) in [6.45, 7) is 0. The van der Waals surface area contributed by atoms with Gasteiger partial charge in [0.05, 0.1) is 0 Å². The Balaban J connectivity index is 2.96. The van der Waals surface area contributed by atoms with Crippen molar-refractivity contribution in [2.24, 2.45) is 0 Å². The van der Waals surface area contributed by atoms with Gasteiger partial charge in [-0.2, -0.15) is 0 Å². The van der Waals surface area contributed by atoms with E-state index in [-0.39, 0.29) is 0 Å². The van der Waals surface area contributed by atoms with Crippen LogP contribution in [0.4, 0.5) is 0 Å². The van der Waals surface area contributed by atoms with Crippen molar-refractivity contribution in [3.05, 3.63) is 47.5 Å². The van der Waals surface area contributed by atoms with Crippen LogP contribution in [0.3, 0.4) is 0 Å². The van der Waals surface area contributed by atoms with Gasteiger partial charge < -0.3 is 0 Å². The van der Waals surface area contributed by atoms with Crippen LogP contribution < -0.4 is 0 Å². The molecular formula is C14H8. The highest BCUT2D eigenvalue weighted by Gasteiger charge is 2.01. The summed E-state index contributed by atoms with van der Waals surface area (Å²) < 4.78 is 0. The fourth-order valence-electron chi connectivity index (χ4n) is 1.55. The molecule has 2 aromatic rings. The molecule has 14 heavy (non-hydrogen) atoms. The quantitative estimate of drug-likeness (QED) is 0.541. The summed E-state index contributed by atoms with van der Waals surface area (Å²) in [4.78, 5) is 0. The molecule has 0 aromatic heterocycles.